The molecule has 1 aliphatic rings. The molecule has 1 fully saturated rings. The van der Waals surface area contributed by atoms with Gasteiger partial charge in [0.1, 0.15) is 6.67 Å². The summed E-state index contributed by atoms with van der Waals surface area (Å²) in [4.78, 5) is 2.27. The zero-order valence-electron chi connectivity index (χ0n) is 12.0. The third kappa shape index (κ3) is 3.68. The van der Waals surface area contributed by atoms with Crippen molar-refractivity contribution in [3.8, 4) is 0 Å². The number of halogens is 2. The molecule has 0 saturated carbocycles. The summed E-state index contributed by atoms with van der Waals surface area (Å²) in [5.41, 5.74) is 4.87. The van der Waals surface area contributed by atoms with E-state index in [2.05, 4.69) is 43.1 Å². The average molecular weight is 287 g/mol. The van der Waals surface area contributed by atoms with Gasteiger partial charge in [-0.1, -0.05) is 17.7 Å². The first kappa shape index (κ1) is 16.4. The lowest BCUT2D eigenvalue weighted by molar-refractivity contribution is 0.146. The molecule has 0 bridgehead atoms. The Morgan fingerprint density at radius 2 is 1.68 bits per heavy atom. The fourth-order valence-electron chi connectivity index (χ4n) is 3.07. The largest absolute Gasteiger partial charge is 0.314 e. The maximum Gasteiger partial charge on any atom is 0.109 e. The van der Waals surface area contributed by atoms with Crippen LogP contribution in [0.4, 0.5) is 4.39 Å². The van der Waals surface area contributed by atoms with Gasteiger partial charge >= 0.3 is 0 Å². The number of hydrogen-bond acceptors (Lipinski definition) is 2. The van der Waals surface area contributed by atoms with E-state index >= 15 is 0 Å². The second kappa shape index (κ2) is 7.22. The molecule has 0 spiro atoms. The first-order chi connectivity index (χ1) is 8.63. The predicted octanol–water partition coefficient (Wildman–Crippen LogP) is 2.95. The third-order valence-electron chi connectivity index (χ3n) is 3.81. The van der Waals surface area contributed by atoms with Gasteiger partial charge in [-0.2, -0.15) is 0 Å². The van der Waals surface area contributed by atoms with E-state index in [0.717, 1.165) is 26.2 Å². The molecule has 0 aliphatic carbocycles. The molecule has 1 atom stereocenters. The Labute approximate surface area is 121 Å². The van der Waals surface area contributed by atoms with Gasteiger partial charge in [0.25, 0.3) is 0 Å². The summed E-state index contributed by atoms with van der Waals surface area (Å²) in [6.07, 6.45) is 0. The molecular formula is C15H24ClFN2. The zero-order valence-corrected chi connectivity index (χ0v) is 12.8. The molecule has 108 valence electrons. The first-order valence-electron chi connectivity index (χ1n) is 6.72. The maximum atomic E-state index is 13.5. The molecule has 1 saturated heterocycles. The fraction of sp³-hybridized carbons (Fsp3) is 0.600. The van der Waals surface area contributed by atoms with Crippen LogP contribution in [-0.4, -0.2) is 37.8 Å². The summed E-state index contributed by atoms with van der Waals surface area (Å²) in [6.45, 7) is 9.77. The van der Waals surface area contributed by atoms with Gasteiger partial charge in [0.15, 0.2) is 0 Å². The second-order valence-corrected chi connectivity index (χ2v) is 5.27. The minimum Gasteiger partial charge on any atom is -0.314 e. The molecule has 2 nitrogen and oxygen atoms in total. The van der Waals surface area contributed by atoms with Crippen LogP contribution in [0.2, 0.25) is 0 Å². The predicted molar refractivity (Wildman–Crippen MR) is 81.1 cm³/mol. The van der Waals surface area contributed by atoms with Crippen LogP contribution >= 0.6 is 12.4 Å². The molecule has 0 amide bonds. The molecule has 1 aromatic rings. The van der Waals surface area contributed by atoms with Gasteiger partial charge in [-0.25, -0.2) is 4.39 Å². The lowest BCUT2D eigenvalue weighted by Crippen LogP contribution is -2.46. The van der Waals surface area contributed by atoms with Crippen LogP contribution in [-0.2, 0) is 0 Å². The Morgan fingerprint density at radius 3 is 2.16 bits per heavy atom. The number of alkyl halides is 1. The minimum atomic E-state index is -0.301. The van der Waals surface area contributed by atoms with Crippen molar-refractivity contribution in [1.29, 1.82) is 0 Å². The van der Waals surface area contributed by atoms with Crippen molar-refractivity contribution in [2.75, 3.05) is 32.9 Å². The standard InChI is InChI=1S/C15H23FN2.ClH/c1-11-8-12(2)15(13(3)9-11)14(10-16)18-6-4-17-5-7-18;/h8-9,14,17H,4-7,10H2,1-3H3;1H/t14-;/m1./s1. The van der Waals surface area contributed by atoms with Gasteiger partial charge < -0.3 is 5.32 Å². The summed E-state index contributed by atoms with van der Waals surface area (Å²) in [7, 11) is 0. The van der Waals surface area contributed by atoms with Gasteiger partial charge in [-0.05, 0) is 37.5 Å². The molecule has 0 unspecified atom stereocenters. The average Bonchev–Trinajstić information content (AvgIpc) is 2.34. The van der Waals surface area contributed by atoms with Gasteiger partial charge in [-0.15, -0.1) is 12.4 Å². The molecule has 1 aromatic carbocycles. The molecule has 2 rings (SSSR count). The molecule has 1 aliphatic heterocycles. The van der Waals surface area contributed by atoms with E-state index in [1.807, 2.05) is 0 Å². The van der Waals surface area contributed by atoms with Gasteiger partial charge in [0, 0.05) is 26.2 Å². The Balaban J connectivity index is 0.00000180. The zero-order chi connectivity index (χ0) is 13.1. The van der Waals surface area contributed by atoms with Crippen molar-refractivity contribution in [2.24, 2.45) is 0 Å². The number of nitrogens with one attached hydrogen (secondary N) is 1. The summed E-state index contributed by atoms with van der Waals surface area (Å²) in [6, 6.07) is 4.24. The van der Waals surface area contributed by atoms with Crippen molar-refractivity contribution in [1.82, 2.24) is 10.2 Å². The van der Waals surface area contributed by atoms with Crippen molar-refractivity contribution in [2.45, 2.75) is 26.8 Å². The van der Waals surface area contributed by atoms with E-state index in [1.54, 1.807) is 0 Å². The molecule has 19 heavy (non-hydrogen) atoms. The SMILES string of the molecule is Cc1cc(C)c([C@@H](CF)N2CCNCC2)c(C)c1.Cl. The highest BCUT2D eigenvalue weighted by Gasteiger charge is 2.24. The number of hydrogen-bond donors (Lipinski definition) is 1. The number of nitrogens with zero attached hydrogens (tertiary/aromatic N) is 1. The van der Waals surface area contributed by atoms with Crippen molar-refractivity contribution in [3.05, 3.63) is 34.4 Å². The van der Waals surface area contributed by atoms with Crippen LogP contribution in [0.3, 0.4) is 0 Å². The monoisotopic (exact) mass is 286 g/mol. The Kier molecular flexibility index (Phi) is 6.24. The lowest BCUT2D eigenvalue weighted by Gasteiger charge is -2.35. The Hall–Kier alpha value is -0.640. The van der Waals surface area contributed by atoms with Crippen LogP contribution in [0.15, 0.2) is 12.1 Å². The Bertz CT molecular complexity index is 394. The van der Waals surface area contributed by atoms with Crippen molar-refractivity contribution >= 4 is 12.4 Å². The minimum absolute atomic E-state index is 0. The van der Waals surface area contributed by atoms with Crippen LogP contribution in [0, 0.1) is 20.8 Å². The molecule has 4 heteroatoms. The van der Waals surface area contributed by atoms with Crippen LogP contribution in [0.5, 0.6) is 0 Å². The van der Waals surface area contributed by atoms with E-state index in [9.17, 15) is 4.39 Å². The summed E-state index contributed by atoms with van der Waals surface area (Å²) in [5, 5.41) is 3.32. The molecule has 1 heterocycles. The van der Waals surface area contributed by atoms with Crippen LogP contribution in [0.25, 0.3) is 0 Å². The lowest BCUT2D eigenvalue weighted by atomic mass is 9.93. The summed E-state index contributed by atoms with van der Waals surface area (Å²) in [5.74, 6) is 0. The second-order valence-electron chi connectivity index (χ2n) is 5.27. The molecule has 1 N–H and O–H groups in total. The topological polar surface area (TPSA) is 15.3 Å². The normalized spacial score (nSPS) is 17.9. The highest BCUT2D eigenvalue weighted by molar-refractivity contribution is 5.85. The number of rotatable bonds is 3. The van der Waals surface area contributed by atoms with E-state index < -0.39 is 0 Å². The third-order valence-corrected chi connectivity index (χ3v) is 3.81. The van der Waals surface area contributed by atoms with E-state index in [0.29, 0.717) is 0 Å². The quantitative estimate of drug-likeness (QED) is 0.919. The van der Waals surface area contributed by atoms with Crippen LogP contribution < -0.4 is 5.32 Å². The smallest absolute Gasteiger partial charge is 0.109 e. The summed E-state index contributed by atoms with van der Waals surface area (Å²) >= 11 is 0. The number of aryl methyl sites for hydroxylation is 3. The molecule has 0 radical (unpaired) electrons. The first-order valence-corrected chi connectivity index (χ1v) is 6.72. The van der Waals surface area contributed by atoms with Crippen molar-refractivity contribution in [3.63, 3.8) is 0 Å². The van der Waals surface area contributed by atoms with Gasteiger partial charge in [0.2, 0.25) is 0 Å². The van der Waals surface area contributed by atoms with E-state index in [-0.39, 0.29) is 25.1 Å². The fourth-order valence-corrected chi connectivity index (χ4v) is 3.07. The van der Waals surface area contributed by atoms with E-state index in [1.165, 1.54) is 22.3 Å². The molecule has 0 aromatic heterocycles. The highest BCUT2D eigenvalue weighted by atomic mass is 35.5. The van der Waals surface area contributed by atoms with Gasteiger partial charge in [-0.3, -0.25) is 4.90 Å². The number of piperazine rings is 1. The molecular weight excluding hydrogens is 263 g/mol. The van der Waals surface area contributed by atoms with E-state index in [4.69, 9.17) is 0 Å². The van der Waals surface area contributed by atoms with Crippen LogP contribution in [0.1, 0.15) is 28.3 Å². The highest BCUT2D eigenvalue weighted by Crippen LogP contribution is 2.28. The van der Waals surface area contributed by atoms with Crippen molar-refractivity contribution < 1.29 is 4.39 Å². The Morgan fingerprint density at radius 1 is 1.16 bits per heavy atom. The maximum absolute atomic E-state index is 13.5. The number of benzene rings is 1. The summed E-state index contributed by atoms with van der Waals surface area (Å²) < 4.78 is 13.5. The van der Waals surface area contributed by atoms with Gasteiger partial charge in [0.05, 0.1) is 6.04 Å².